The fourth-order valence-corrected chi connectivity index (χ4v) is 3.93. The first-order valence-corrected chi connectivity index (χ1v) is 9.80. The highest BCUT2D eigenvalue weighted by atomic mass is 16.5. The molecule has 0 spiro atoms. The molecule has 0 bridgehead atoms. The van der Waals surface area contributed by atoms with E-state index in [1.165, 1.54) is 12.8 Å². The third-order valence-electron chi connectivity index (χ3n) is 5.72. The summed E-state index contributed by atoms with van der Waals surface area (Å²) in [6.07, 6.45) is 4.68. The van der Waals surface area contributed by atoms with Crippen LogP contribution in [0.4, 0.5) is 0 Å². The van der Waals surface area contributed by atoms with Crippen LogP contribution in [-0.2, 0) is 9.53 Å². The van der Waals surface area contributed by atoms with Gasteiger partial charge in [-0.3, -0.25) is 4.79 Å². The van der Waals surface area contributed by atoms with E-state index in [0.29, 0.717) is 11.3 Å². The number of hydrogen-bond acceptors (Lipinski definition) is 4. The molecular formula is C19H37N3O2. The molecule has 5 nitrogen and oxygen atoms in total. The van der Waals surface area contributed by atoms with Gasteiger partial charge < -0.3 is 19.4 Å². The van der Waals surface area contributed by atoms with E-state index in [1.807, 2.05) is 13.8 Å². The summed E-state index contributed by atoms with van der Waals surface area (Å²) in [6.45, 7) is 12.1. The lowest BCUT2D eigenvalue weighted by Crippen LogP contribution is -2.50. The highest BCUT2D eigenvalue weighted by Crippen LogP contribution is 2.46. The van der Waals surface area contributed by atoms with E-state index >= 15 is 0 Å². The van der Waals surface area contributed by atoms with Crippen LogP contribution >= 0.6 is 0 Å². The van der Waals surface area contributed by atoms with Crippen LogP contribution in [0.15, 0.2) is 0 Å². The molecule has 2 saturated heterocycles. The number of piperidine rings is 1. The third-order valence-corrected chi connectivity index (χ3v) is 5.72. The van der Waals surface area contributed by atoms with Crippen molar-refractivity contribution in [2.75, 3.05) is 66.6 Å². The Labute approximate surface area is 148 Å². The molecule has 3 fully saturated rings. The molecule has 24 heavy (non-hydrogen) atoms. The van der Waals surface area contributed by atoms with E-state index in [-0.39, 0.29) is 5.92 Å². The van der Waals surface area contributed by atoms with E-state index in [2.05, 4.69) is 21.7 Å². The van der Waals surface area contributed by atoms with Crippen molar-refractivity contribution in [1.29, 1.82) is 0 Å². The van der Waals surface area contributed by atoms with Crippen LogP contribution in [-0.4, -0.2) is 87.2 Å². The minimum absolute atomic E-state index is 0.261. The minimum atomic E-state index is 0.261. The summed E-state index contributed by atoms with van der Waals surface area (Å²) >= 11 is 0. The maximum Gasteiger partial charge on any atom is 0.225 e. The minimum Gasteiger partial charge on any atom is -0.384 e. The van der Waals surface area contributed by atoms with Crippen LogP contribution in [0, 0.1) is 11.3 Å². The maximum absolute atomic E-state index is 12.6. The molecule has 1 aliphatic carbocycles. The fraction of sp³-hybridized carbons (Fsp3) is 0.947. The highest BCUT2D eigenvalue weighted by Gasteiger charge is 2.44. The Morgan fingerprint density at radius 1 is 1.04 bits per heavy atom. The Hall–Kier alpha value is -0.650. The zero-order chi connectivity index (χ0) is 17.6. The largest absolute Gasteiger partial charge is 0.384 e. The van der Waals surface area contributed by atoms with Crippen LogP contribution < -0.4 is 0 Å². The second-order valence-corrected chi connectivity index (χ2v) is 7.61. The van der Waals surface area contributed by atoms with Crippen molar-refractivity contribution >= 4 is 5.91 Å². The molecule has 1 amide bonds. The Morgan fingerprint density at radius 3 is 2.12 bits per heavy atom. The number of ether oxygens (including phenoxy) is 1. The number of nitrogens with zero attached hydrogens (tertiary/aromatic N) is 3. The van der Waals surface area contributed by atoms with Gasteiger partial charge in [-0.2, -0.15) is 0 Å². The van der Waals surface area contributed by atoms with Crippen LogP contribution in [0.5, 0.6) is 0 Å². The maximum atomic E-state index is 12.6. The molecule has 0 aromatic carbocycles. The lowest BCUT2D eigenvalue weighted by Gasteiger charge is -2.38. The first-order chi connectivity index (χ1) is 11.6. The highest BCUT2D eigenvalue weighted by molar-refractivity contribution is 5.79. The van der Waals surface area contributed by atoms with Gasteiger partial charge in [0.2, 0.25) is 5.91 Å². The number of rotatable bonds is 5. The number of methoxy groups -OCH3 is 1. The number of carbonyl (C=O) groups excluding carboxylic acids is 1. The van der Waals surface area contributed by atoms with E-state index in [9.17, 15) is 4.79 Å². The Kier molecular flexibility index (Phi) is 7.51. The normalized spacial score (nSPS) is 25.1. The van der Waals surface area contributed by atoms with Gasteiger partial charge in [-0.1, -0.05) is 13.8 Å². The van der Waals surface area contributed by atoms with Crippen molar-refractivity contribution in [2.45, 2.75) is 39.5 Å². The van der Waals surface area contributed by atoms with E-state index in [0.717, 1.165) is 65.3 Å². The average molecular weight is 340 g/mol. The Bertz CT molecular complexity index is 382. The predicted octanol–water partition coefficient (Wildman–Crippen LogP) is 1.93. The molecule has 0 aromatic heterocycles. The first-order valence-electron chi connectivity index (χ1n) is 9.80. The van der Waals surface area contributed by atoms with Crippen LogP contribution in [0.1, 0.15) is 39.5 Å². The quantitative estimate of drug-likeness (QED) is 0.767. The summed E-state index contributed by atoms with van der Waals surface area (Å²) in [5, 5.41) is 0. The summed E-state index contributed by atoms with van der Waals surface area (Å²) in [7, 11) is 3.94. The molecule has 0 atom stereocenters. The molecule has 1 saturated carbocycles. The van der Waals surface area contributed by atoms with Crippen molar-refractivity contribution < 1.29 is 9.53 Å². The number of piperazine rings is 1. The summed E-state index contributed by atoms with van der Waals surface area (Å²) < 4.78 is 5.37. The standard InChI is InChI=1S/C17H31N3O2.C2H6/c1-18-9-11-20(12-10-18)16(21)15-3-7-19(8-4-15)13-17(5-6-17)14-22-2;1-2/h15H,3-14H2,1-2H3;1-2H3. The smallest absolute Gasteiger partial charge is 0.225 e. The number of amides is 1. The molecule has 2 aliphatic heterocycles. The molecule has 0 aromatic rings. The van der Waals surface area contributed by atoms with Crippen LogP contribution in [0.3, 0.4) is 0 Å². The van der Waals surface area contributed by atoms with Gasteiger partial charge in [0.1, 0.15) is 0 Å². The average Bonchev–Trinajstić information content (AvgIpc) is 3.37. The summed E-state index contributed by atoms with van der Waals surface area (Å²) in [5.74, 6) is 0.669. The number of likely N-dealkylation sites (tertiary alicyclic amines) is 1. The van der Waals surface area contributed by atoms with Gasteiger partial charge >= 0.3 is 0 Å². The van der Waals surface area contributed by atoms with Crippen molar-refractivity contribution in [1.82, 2.24) is 14.7 Å². The predicted molar refractivity (Wildman–Crippen MR) is 98.1 cm³/mol. The van der Waals surface area contributed by atoms with Crippen molar-refractivity contribution in [3.63, 3.8) is 0 Å². The lowest BCUT2D eigenvalue weighted by molar-refractivity contribution is -0.138. The van der Waals surface area contributed by atoms with Crippen LogP contribution in [0.25, 0.3) is 0 Å². The first kappa shape index (κ1) is 19.7. The zero-order valence-corrected chi connectivity index (χ0v) is 16.2. The van der Waals surface area contributed by atoms with Crippen molar-refractivity contribution in [2.24, 2.45) is 11.3 Å². The van der Waals surface area contributed by atoms with Crippen LogP contribution in [0.2, 0.25) is 0 Å². The molecule has 3 aliphatic rings. The molecule has 2 heterocycles. The third kappa shape index (κ3) is 5.17. The van der Waals surface area contributed by atoms with E-state index < -0.39 is 0 Å². The molecule has 0 radical (unpaired) electrons. The summed E-state index contributed by atoms with van der Waals surface area (Å²) in [6, 6.07) is 0. The van der Waals surface area contributed by atoms with Gasteiger partial charge in [-0.05, 0) is 45.8 Å². The van der Waals surface area contributed by atoms with Gasteiger partial charge in [-0.15, -0.1) is 0 Å². The summed E-state index contributed by atoms with van der Waals surface area (Å²) in [4.78, 5) is 19.6. The zero-order valence-electron chi connectivity index (χ0n) is 16.2. The van der Waals surface area contributed by atoms with Gasteiger partial charge in [0.05, 0.1) is 6.61 Å². The molecule has 0 unspecified atom stereocenters. The van der Waals surface area contributed by atoms with Gasteiger partial charge in [0, 0.05) is 51.2 Å². The molecule has 140 valence electrons. The molecule has 3 rings (SSSR count). The number of carbonyl (C=O) groups is 1. The number of likely N-dealkylation sites (N-methyl/N-ethyl adjacent to an activating group) is 1. The van der Waals surface area contributed by atoms with Gasteiger partial charge in [-0.25, -0.2) is 0 Å². The Morgan fingerprint density at radius 2 is 1.62 bits per heavy atom. The van der Waals surface area contributed by atoms with Crippen molar-refractivity contribution in [3.8, 4) is 0 Å². The topological polar surface area (TPSA) is 36.0 Å². The molecular weight excluding hydrogens is 302 g/mol. The van der Waals surface area contributed by atoms with Crippen molar-refractivity contribution in [3.05, 3.63) is 0 Å². The monoisotopic (exact) mass is 339 g/mol. The Balaban J connectivity index is 0.00000100. The van der Waals surface area contributed by atoms with Gasteiger partial charge in [0.25, 0.3) is 0 Å². The second kappa shape index (κ2) is 9.16. The molecule has 5 heteroatoms. The number of hydrogen-bond donors (Lipinski definition) is 0. The fourth-order valence-electron chi connectivity index (χ4n) is 3.93. The van der Waals surface area contributed by atoms with Gasteiger partial charge in [0.15, 0.2) is 0 Å². The lowest BCUT2D eigenvalue weighted by atomic mass is 9.94. The van der Waals surface area contributed by atoms with E-state index in [4.69, 9.17) is 4.74 Å². The van der Waals surface area contributed by atoms with E-state index in [1.54, 1.807) is 7.11 Å². The SMILES string of the molecule is CC.COCC1(CN2CCC(C(=O)N3CCN(C)CC3)CC2)CC1. The second-order valence-electron chi connectivity index (χ2n) is 7.61. The summed E-state index contributed by atoms with van der Waals surface area (Å²) in [5.41, 5.74) is 0.434. The molecule has 0 N–H and O–H groups in total.